The van der Waals surface area contributed by atoms with Crippen LogP contribution < -0.4 is 16.6 Å². The molecule has 4 rings (SSSR count). The van der Waals surface area contributed by atoms with Crippen LogP contribution in [-0.4, -0.2) is 53.2 Å². The van der Waals surface area contributed by atoms with E-state index in [1.165, 1.54) is 11.1 Å². The molecule has 6 nitrogen and oxygen atoms in total. The molecular weight excluding hydrogens is 364 g/mol. The van der Waals surface area contributed by atoms with Crippen molar-refractivity contribution in [2.24, 2.45) is 11.7 Å². The molecule has 0 bridgehead atoms. The molecule has 2 heterocycles. The molecule has 3 unspecified atom stereocenters. The number of aliphatic hydroxyl groups is 1. The third-order valence-electron chi connectivity index (χ3n) is 6.35. The predicted octanol–water partition coefficient (Wildman–Crippen LogP) is 1.22. The topological polar surface area (TPSA) is 90.6 Å². The summed E-state index contributed by atoms with van der Waals surface area (Å²) in [6, 6.07) is 20.6. The highest BCUT2D eigenvalue weighted by atomic mass is 16.3. The van der Waals surface area contributed by atoms with Gasteiger partial charge in [0, 0.05) is 37.0 Å². The van der Waals surface area contributed by atoms with Gasteiger partial charge < -0.3 is 15.7 Å². The number of hydrazine groups is 1. The Hall–Kier alpha value is -2.25. The van der Waals surface area contributed by atoms with Crippen molar-refractivity contribution in [1.82, 2.24) is 15.8 Å². The fourth-order valence-corrected chi connectivity index (χ4v) is 4.71. The molecule has 2 aliphatic rings. The van der Waals surface area contributed by atoms with E-state index in [-0.39, 0.29) is 23.8 Å². The number of nitrogens with one attached hydrogen (secondary N) is 2. The standard InChI is InChI=1S/C23H30N4O2/c1-15(28)21(24)23(29)27-13-12-19-18(14-27)22(26-25-19)20(16-8-4-2-5-9-16)17-10-6-3-7-11-17/h2-11,15,18-22,25-26,28H,12-14,24H2,1H3/t15-,18?,19?,21+,22?/m1/s1. The van der Waals surface area contributed by atoms with Crippen LogP contribution in [0, 0.1) is 5.92 Å². The zero-order valence-electron chi connectivity index (χ0n) is 16.7. The van der Waals surface area contributed by atoms with Crippen molar-refractivity contribution < 1.29 is 9.90 Å². The van der Waals surface area contributed by atoms with Crippen molar-refractivity contribution in [3.8, 4) is 0 Å². The van der Waals surface area contributed by atoms with Gasteiger partial charge in [0.15, 0.2) is 0 Å². The first-order valence-electron chi connectivity index (χ1n) is 10.4. The molecule has 2 saturated heterocycles. The number of rotatable bonds is 5. The number of piperidine rings is 1. The summed E-state index contributed by atoms with van der Waals surface area (Å²) >= 11 is 0. The van der Waals surface area contributed by atoms with E-state index in [0.717, 1.165) is 6.42 Å². The van der Waals surface area contributed by atoms with Gasteiger partial charge in [0.2, 0.25) is 5.91 Å². The minimum Gasteiger partial charge on any atom is -0.391 e. The Morgan fingerprint density at radius 2 is 1.66 bits per heavy atom. The molecule has 154 valence electrons. The summed E-state index contributed by atoms with van der Waals surface area (Å²) in [6.45, 7) is 2.85. The number of likely N-dealkylation sites (tertiary alicyclic amines) is 1. The van der Waals surface area contributed by atoms with E-state index in [0.29, 0.717) is 19.1 Å². The van der Waals surface area contributed by atoms with Crippen molar-refractivity contribution in [1.29, 1.82) is 0 Å². The van der Waals surface area contributed by atoms with Crippen molar-refractivity contribution in [3.05, 3.63) is 71.8 Å². The molecule has 2 fully saturated rings. The molecule has 2 aliphatic heterocycles. The van der Waals surface area contributed by atoms with E-state index in [1.807, 2.05) is 17.0 Å². The first-order valence-corrected chi connectivity index (χ1v) is 10.4. The monoisotopic (exact) mass is 394 g/mol. The number of hydrogen-bond donors (Lipinski definition) is 4. The number of carbonyl (C=O) groups is 1. The normalized spacial score (nSPS) is 26.2. The van der Waals surface area contributed by atoms with E-state index in [4.69, 9.17) is 5.73 Å². The summed E-state index contributed by atoms with van der Waals surface area (Å²) in [5.74, 6) is 0.250. The quantitative estimate of drug-likeness (QED) is 0.612. The molecule has 1 amide bonds. The van der Waals surface area contributed by atoms with Gasteiger partial charge in [-0.05, 0) is 24.5 Å². The van der Waals surface area contributed by atoms with Gasteiger partial charge >= 0.3 is 0 Å². The van der Waals surface area contributed by atoms with E-state index in [9.17, 15) is 9.90 Å². The van der Waals surface area contributed by atoms with Crippen LogP contribution in [0.25, 0.3) is 0 Å². The number of hydrogen-bond acceptors (Lipinski definition) is 5. The van der Waals surface area contributed by atoms with Crippen LogP contribution in [0.15, 0.2) is 60.7 Å². The van der Waals surface area contributed by atoms with Crippen LogP contribution in [0.4, 0.5) is 0 Å². The van der Waals surface area contributed by atoms with Gasteiger partial charge in [-0.25, -0.2) is 0 Å². The first kappa shape index (κ1) is 20.0. The second kappa shape index (κ2) is 8.63. The zero-order valence-corrected chi connectivity index (χ0v) is 16.7. The SMILES string of the molecule is C[C@@H](O)[C@H](N)C(=O)N1CCC2NNC(C(c3ccccc3)c3ccccc3)C2C1. The average molecular weight is 395 g/mol. The first-order chi connectivity index (χ1) is 14.1. The van der Waals surface area contributed by atoms with Crippen LogP contribution in [0.5, 0.6) is 0 Å². The lowest BCUT2D eigenvalue weighted by molar-refractivity contribution is -0.136. The van der Waals surface area contributed by atoms with Gasteiger partial charge in [-0.3, -0.25) is 15.6 Å². The molecule has 0 aromatic heterocycles. The molecule has 0 aliphatic carbocycles. The van der Waals surface area contributed by atoms with Crippen LogP contribution in [0.1, 0.15) is 30.4 Å². The highest BCUT2D eigenvalue weighted by Crippen LogP contribution is 2.37. The number of nitrogens with two attached hydrogens (primary N) is 1. The number of fused-ring (bicyclic) bond motifs is 1. The van der Waals surface area contributed by atoms with Crippen molar-refractivity contribution in [3.63, 3.8) is 0 Å². The molecule has 0 spiro atoms. The van der Waals surface area contributed by atoms with Crippen LogP contribution in [0.3, 0.4) is 0 Å². The van der Waals surface area contributed by atoms with Gasteiger partial charge in [-0.1, -0.05) is 60.7 Å². The fraction of sp³-hybridized carbons (Fsp3) is 0.435. The molecule has 0 saturated carbocycles. The molecule has 6 heteroatoms. The maximum Gasteiger partial charge on any atom is 0.242 e. The number of amides is 1. The minimum atomic E-state index is -0.869. The maximum absolute atomic E-state index is 12.7. The smallest absolute Gasteiger partial charge is 0.242 e. The lowest BCUT2D eigenvalue weighted by Crippen LogP contribution is -2.55. The molecule has 2 aromatic rings. The maximum atomic E-state index is 12.7. The molecule has 2 aromatic carbocycles. The lowest BCUT2D eigenvalue weighted by Gasteiger charge is -2.39. The van der Waals surface area contributed by atoms with Gasteiger partial charge in [0.25, 0.3) is 0 Å². The van der Waals surface area contributed by atoms with Gasteiger partial charge in [-0.2, -0.15) is 0 Å². The Morgan fingerprint density at radius 3 is 2.21 bits per heavy atom. The van der Waals surface area contributed by atoms with Crippen LogP contribution in [-0.2, 0) is 4.79 Å². The third kappa shape index (κ3) is 4.07. The van der Waals surface area contributed by atoms with Crippen molar-refractivity contribution >= 4 is 5.91 Å². The molecule has 29 heavy (non-hydrogen) atoms. The Morgan fingerprint density at radius 1 is 1.07 bits per heavy atom. The van der Waals surface area contributed by atoms with E-state index < -0.39 is 12.1 Å². The Balaban J connectivity index is 1.62. The summed E-state index contributed by atoms with van der Waals surface area (Å²) < 4.78 is 0. The zero-order chi connectivity index (χ0) is 20.4. The molecule has 0 radical (unpaired) electrons. The predicted molar refractivity (Wildman–Crippen MR) is 113 cm³/mol. The van der Waals surface area contributed by atoms with E-state index in [2.05, 4.69) is 59.4 Å². The van der Waals surface area contributed by atoms with Crippen LogP contribution >= 0.6 is 0 Å². The second-order valence-electron chi connectivity index (χ2n) is 8.22. The second-order valence-corrected chi connectivity index (χ2v) is 8.22. The average Bonchev–Trinajstić information content (AvgIpc) is 3.17. The molecular formula is C23H30N4O2. The van der Waals surface area contributed by atoms with E-state index >= 15 is 0 Å². The number of aliphatic hydroxyl groups excluding tert-OH is 1. The Kier molecular flexibility index (Phi) is 5.96. The highest BCUT2D eigenvalue weighted by molar-refractivity contribution is 5.82. The largest absolute Gasteiger partial charge is 0.391 e. The summed E-state index contributed by atoms with van der Waals surface area (Å²) in [4.78, 5) is 14.6. The minimum absolute atomic E-state index is 0.142. The van der Waals surface area contributed by atoms with E-state index in [1.54, 1.807) is 6.92 Å². The molecule has 5 atom stereocenters. The summed E-state index contributed by atoms with van der Waals surface area (Å²) in [5, 5.41) is 9.75. The van der Waals surface area contributed by atoms with Crippen molar-refractivity contribution in [2.45, 2.75) is 43.5 Å². The summed E-state index contributed by atoms with van der Waals surface area (Å²) in [6.07, 6.45) is 0.0140. The third-order valence-corrected chi connectivity index (χ3v) is 6.35. The number of benzene rings is 2. The highest BCUT2D eigenvalue weighted by Gasteiger charge is 2.45. The Labute approximate surface area is 172 Å². The summed E-state index contributed by atoms with van der Waals surface area (Å²) in [7, 11) is 0. The van der Waals surface area contributed by atoms with Gasteiger partial charge in [-0.15, -0.1) is 0 Å². The number of nitrogens with zero attached hydrogens (tertiary/aromatic N) is 1. The number of carbonyl (C=O) groups excluding carboxylic acids is 1. The van der Waals surface area contributed by atoms with Crippen molar-refractivity contribution in [2.75, 3.05) is 13.1 Å². The van der Waals surface area contributed by atoms with Crippen LogP contribution in [0.2, 0.25) is 0 Å². The van der Waals surface area contributed by atoms with Gasteiger partial charge in [0.05, 0.1) is 6.10 Å². The fourth-order valence-electron chi connectivity index (χ4n) is 4.71. The van der Waals surface area contributed by atoms with Gasteiger partial charge in [0.1, 0.15) is 6.04 Å². The Bertz CT molecular complexity index is 775. The summed E-state index contributed by atoms with van der Waals surface area (Å²) in [5.41, 5.74) is 15.4. The lowest BCUT2D eigenvalue weighted by atomic mass is 9.76. The molecule has 5 N–H and O–H groups in total.